The van der Waals surface area contributed by atoms with Crippen LogP contribution in [0.25, 0.3) is 23.1 Å². The van der Waals surface area contributed by atoms with Crippen LogP contribution in [0.2, 0.25) is 0 Å². The van der Waals surface area contributed by atoms with E-state index in [1.165, 1.54) is 23.6 Å². The molecule has 7 nitrogen and oxygen atoms in total. The first-order valence-corrected chi connectivity index (χ1v) is 8.42. The van der Waals surface area contributed by atoms with Crippen molar-refractivity contribution in [3.05, 3.63) is 67.3 Å². The summed E-state index contributed by atoms with van der Waals surface area (Å²) in [5, 5.41) is 11.4. The number of carbonyl (C=O) groups excluding carboxylic acids is 1. The Morgan fingerprint density at radius 1 is 1.23 bits per heavy atom. The van der Waals surface area contributed by atoms with Gasteiger partial charge in [0.25, 0.3) is 5.56 Å². The fraction of sp³-hybridized carbons (Fsp3) is 0.111. The molecule has 26 heavy (non-hydrogen) atoms. The molecule has 0 bridgehead atoms. The maximum atomic E-state index is 12.7. The number of fused-ring (bicyclic) bond motifs is 1. The number of rotatable bonds is 4. The second-order valence-electron chi connectivity index (χ2n) is 5.48. The van der Waals surface area contributed by atoms with Gasteiger partial charge in [-0.2, -0.15) is 0 Å². The number of ether oxygens (including phenoxy) is 1. The van der Waals surface area contributed by atoms with E-state index in [0.29, 0.717) is 15.8 Å². The van der Waals surface area contributed by atoms with E-state index in [4.69, 9.17) is 4.74 Å². The number of hydrogen-bond acceptors (Lipinski definition) is 6. The van der Waals surface area contributed by atoms with Crippen molar-refractivity contribution in [2.45, 2.75) is 6.92 Å². The fourth-order valence-corrected chi connectivity index (χ4v) is 3.31. The Bertz CT molecular complexity index is 1110. The van der Waals surface area contributed by atoms with Crippen molar-refractivity contribution in [3.63, 3.8) is 0 Å². The summed E-state index contributed by atoms with van der Waals surface area (Å²) in [6, 6.07) is 10.1. The predicted octanol–water partition coefficient (Wildman–Crippen LogP) is 3.60. The van der Waals surface area contributed by atoms with Crippen LogP contribution in [0.5, 0.6) is 5.75 Å². The van der Waals surface area contributed by atoms with Crippen LogP contribution < -0.4 is 10.3 Å². The number of thiophene rings is 1. The summed E-state index contributed by atoms with van der Waals surface area (Å²) >= 11 is 0.991. The van der Waals surface area contributed by atoms with Crippen LogP contribution >= 0.6 is 11.3 Å². The van der Waals surface area contributed by atoms with Gasteiger partial charge in [0.15, 0.2) is 5.75 Å². The predicted molar refractivity (Wildman–Crippen MR) is 100 cm³/mol. The van der Waals surface area contributed by atoms with E-state index in [2.05, 4.69) is 0 Å². The number of carbonyl (C=O) groups is 1. The van der Waals surface area contributed by atoms with Crippen molar-refractivity contribution in [1.82, 2.24) is 4.57 Å². The number of hydrogen-bond donors (Lipinski definition) is 0. The van der Waals surface area contributed by atoms with Crippen molar-refractivity contribution < 1.29 is 14.5 Å². The van der Waals surface area contributed by atoms with Gasteiger partial charge in [-0.15, -0.1) is 0 Å². The quantitative estimate of drug-likeness (QED) is 0.397. The molecule has 0 saturated heterocycles. The molecule has 0 atom stereocenters. The van der Waals surface area contributed by atoms with Gasteiger partial charge >= 0.3 is 11.0 Å². The smallest absolute Gasteiger partial charge is 0.324 e. The van der Waals surface area contributed by atoms with E-state index in [9.17, 15) is 19.7 Å². The van der Waals surface area contributed by atoms with Crippen LogP contribution in [0, 0.1) is 10.1 Å². The van der Waals surface area contributed by atoms with E-state index in [1.54, 1.807) is 43.5 Å². The van der Waals surface area contributed by atoms with Crippen LogP contribution in [0.4, 0.5) is 5.00 Å². The second kappa shape index (κ2) is 6.93. The number of nitro groups is 1. The molecule has 3 aromatic rings. The molecule has 0 radical (unpaired) electrons. The molecule has 0 aliphatic heterocycles. The lowest BCUT2D eigenvalue weighted by molar-refractivity contribution is -0.380. The van der Waals surface area contributed by atoms with Gasteiger partial charge in [-0.1, -0.05) is 23.5 Å². The van der Waals surface area contributed by atoms with Crippen LogP contribution in [-0.4, -0.2) is 15.5 Å². The average Bonchev–Trinajstić information content (AvgIpc) is 3.08. The number of nitrogens with zero attached hydrogens (tertiary/aromatic N) is 2. The lowest BCUT2D eigenvalue weighted by atomic mass is 10.1. The molecule has 0 saturated carbocycles. The molecule has 8 heteroatoms. The van der Waals surface area contributed by atoms with E-state index in [1.807, 2.05) is 0 Å². The Hall–Kier alpha value is -3.26. The van der Waals surface area contributed by atoms with Gasteiger partial charge < -0.3 is 9.30 Å². The third kappa shape index (κ3) is 3.27. The minimum atomic E-state index is -0.537. The van der Waals surface area contributed by atoms with Crippen molar-refractivity contribution in [2.75, 3.05) is 0 Å². The van der Waals surface area contributed by atoms with Crippen LogP contribution in [0.15, 0.2) is 41.2 Å². The summed E-state index contributed by atoms with van der Waals surface area (Å²) in [7, 11) is 1.63. The Morgan fingerprint density at radius 2 is 1.96 bits per heavy atom. The molecule has 0 aliphatic carbocycles. The summed E-state index contributed by atoms with van der Waals surface area (Å²) in [5.41, 5.74) is 0.511. The largest absolute Gasteiger partial charge is 0.425 e. The lowest BCUT2D eigenvalue weighted by Crippen LogP contribution is -2.21. The van der Waals surface area contributed by atoms with Crippen molar-refractivity contribution in [3.8, 4) is 5.75 Å². The molecule has 0 unspecified atom stereocenters. The molecular formula is C18H14N2O5S. The third-order valence-electron chi connectivity index (χ3n) is 3.74. The number of pyridine rings is 1. The Labute approximate surface area is 151 Å². The molecule has 0 amide bonds. The highest BCUT2D eigenvalue weighted by Gasteiger charge is 2.16. The highest BCUT2D eigenvalue weighted by Crippen LogP contribution is 2.30. The molecular weight excluding hydrogens is 356 g/mol. The van der Waals surface area contributed by atoms with Crippen LogP contribution in [0.1, 0.15) is 17.4 Å². The van der Waals surface area contributed by atoms with Crippen molar-refractivity contribution >= 4 is 45.4 Å². The molecule has 3 rings (SSSR count). The lowest BCUT2D eigenvalue weighted by Gasteiger charge is -2.12. The van der Waals surface area contributed by atoms with E-state index < -0.39 is 10.9 Å². The second-order valence-corrected chi connectivity index (χ2v) is 6.58. The Morgan fingerprint density at radius 3 is 2.62 bits per heavy atom. The molecule has 0 spiro atoms. The minimum Gasteiger partial charge on any atom is -0.425 e. The van der Waals surface area contributed by atoms with Crippen LogP contribution in [-0.2, 0) is 11.8 Å². The number of aryl methyl sites for hydroxylation is 1. The van der Waals surface area contributed by atoms with Crippen molar-refractivity contribution in [2.24, 2.45) is 7.05 Å². The third-order valence-corrected chi connectivity index (χ3v) is 4.74. The van der Waals surface area contributed by atoms with Gasteiger partial charge in [0.2, 0.25) is 0 Å². The van der Waals surface area contributed by atoms with Gasteiger partial charge in [-0.3, -0.25) is 19.7 Å². The maximum Gasteiger partial charge on any atom is 0.324 e. The van der Waals surface area contributed by atoms with E-state index in [-0.39, 0.29) is 21.9 Å². The summed E-state index contributed by atoms with van der Waals surface area (Å²) in [6.07, 6.45) is 3.11. The highest BCUT2D eigenvalue weighted by molar-refractivity contribution is 7.16. The topological polar surface area (TPSA) is 91.4 Å². The zero-order valence-electron chi connectivity index (χ0n) is 14.0. The molecule has 0 aliphatic rings. The molecule has 2 aromatic heterocycles. The summed E-state index contributed by atoms with van der Waals surface area (Å²) in [4.78, 5) is 35.2. The Kier molecular flexibility index (Phi) is 4.68. The van der Waals surface area contributed by atoms with E-state index in [0.717, 1.165) is 11.3 Å². The number of aromatic nitrogens is 1. The molecule has 2 heterocycles. The number of benzene rings is 1. The summed E-state index contributed by atoms with van der Waals surface area (Å²) in [5.74, 6) is -0.358. The Balaban J connectivity index is 2.18. The molecule has 132 valence electrons. The zero-order valence-corrected chi connectivity index (χ0v) is 14.8. The van der Waals surface area contributed by atoms with Gasteiger partial charge in [-0.05, 0) is 30.4 Å². The summed E-state index contributed by atoms with van der Waals surface area (Å²) < 4.78 is 6.79. The number of esters is 1. The average molecular weight is 370 g/mol. The van der Waals surface area contributed by atoms with E-state index >= 15 is 0 Å². The molecule has 0 N–H and O–H groups in total. The standard InChI is InChI=1S/C18H14N2O5S/c1-11(21)25-17-13-5-3-4-6-15(13)19(2)18(22)14(17)9-7-12-8-10-16(26-12)20(23)24/h3-10H,1-2H3. The normalized spacial score (nSPS) is 11.2. The van der Waals surface area contributed by atoms with Gasteiger partial charge in [0.05, 0.1) is 16.0 Å². The summed E-state index contributed by atoms with van der Waals surface area (Å²) in [6.45, 7) is 1.27. The zero-order chi connectivity index (χ0) is 18.8. The first-order valence-electron chi connectivity index (χ1n) is 7.61. The van der Waals surface area contributed by atoms with Crippen molar-refractivity contribution in [1.29, 1.82) is 0 Å². The fourth-order valence-electron chi connectivity index (χ4n) is 2.59. The highest BCUT2D eigenvalue weighted by atomic mass is 32.1. The van der Waals surface area contributed by atoms with Crippen LogP contribution in [0.3, 0.4) is 0 Å². The minimum absolute atomic E-state index is 0.0104. The monoisotopic (exact) mass is 370 g/mol. The van der Waals surface area contributed by atoms with Gasteiger partial charge in [0, 0.05) is 30.3 Å². The van der Waals surface area contributed by atoms with Gasteiger partial charge in [-0.25, -0.2) is 0 Å². The molecule has 0 fully saturated rings. The first-order chi connectivity index (χ1) is 12.4. The first kappa shape index (κ1) is 17.6. The van der Waals surface area contributed by atoms with Gasteiger partial charge in [0.1, 0.15) is 0 Å². The maximum absolute atomic E-state index is 12.7. The number of para-hydroxylation sites is 1. The SMILES string of the molecule is CC(=O)Oc1c(C=Cc2ccc([N+](=O)[O-])s2)c(=O)n(C)c2ccccc12. The molecule has 1 aromatic carbocycles.